The first-order valence-electron chi connectivity index (χ1n) is 8.18. The van der Waals surface area contributed by atoms with Gasteiger partial charge in [0.2, 0.25) is 5.91 Å². The molecule has 1 saturated carbocycles. The van der Waals surface area contributed by atoms with Gasteiger partial charge < -0.3 is 10.1 Å². The summed E-state index contributed by atoms with van der Waals surface area (Å²) >= 11 is 0. The van der Waals surface area contributed by atoms with Gasteiger partial charge in [-0.3, -0.25) is 9.59 Å². The topological polar surface area (TPSA) is 73.2 Å². The lowest BCUT2D eigenvalue weighted by atomic mass is 10.1. The molecule has 1 amide bonds. The van der Waals surface area contributed by atoms with E-state index in [0.29, 0.717) is 11.4 Å². The molecule has 6 nitrogen and oxygen atoms in total. The Kier molecular flexibility index (Phi) is 4.93. The van der Waals surface area contributed by atoms with E-state index < -0.39 is 0 Å². The SMILES string of the molecule is COc1cc(=O)n(CC(=O)NC2CCCC2)nc1-c1ccccc1. The van der Waals surface area contributed by atoms with Crippen molar-refractivity contribution in [3.63, 3.8) is 0 Å². The molecule has 0 bridgehead atoms. The van der Waals surface area contributed by atoms with E-state index in [9.17, 15) is 9.59 Å². The third-order valence-corrected chi connectivity index (χ3v) is 4.24. The summed E-state index contributed by atoms with van der Waals surface area (Å²) in [5, 5.41) is 7.32. The molecule has 126 valence electrons. The summed E-state index contributed by atoms with van der Waals surface area (Å²) in [6.07, 6.45) is 4.30. The number of ether oxygens (including phenoxy) is 1. The fourth-order valence-corrected chi connectivity index (χ4v) is 3.02. The van der Waals surface area contributed by atoms with Gasteiger partial charge in [-0.15, -0.1) is 0 Å². The largest absolute Gasteiger partial charge is 0.494 e. The van der Waals surface area contributed by atoms with Gasteiger partial charge in [-0.25, -0.2) is 4.68 Å². The monoisotopic (exact) mass is 327 g/mol. The lowest BCUT2D eigenvalue weighted by Crippen LogP contribution is -2.38. The van der Waals surface area contributed by atoms with Gasteiger partial charge in [0.1, 0.15) is 12.2 Å². The van der Waals surface area contributed by atoms with Gasteiger partial charge in [0.15, 0.2) is 5.75 Å². The van der Waals surface area contributed by atoms with Crippen molar-refractivity contribution in [2.45, 2.75) is 38.3 Å². The first kappa shape index (κ1) is 16.2. The number of hydrogen-bond donors (Lipinski definition) is 1. The van der Waals surface area contributed by atoms with E-state index in [4.69, 9.17) is 4.74 Å². The molecule has 1 aliphatic rings. The van der Waals surface area contributed by atoms with Crippen LogP contribution in [0.1, 0.15) is 25.7 Å². The van der Waals surface area contributed by atoms with Crippen LogP contribution in [-0.2, 0) is 11.3 Å². The summed E-state index contributed by atoms with van der Waals surface area (Å²) in [5.74, 6) is 0.222. The summed E-state index contributed by atoms with van der Waals surface area (Å²) in [5.41, 5.74) is 1.03. The summed E-state index contributed by atoms with van der Waals surface area (Å²) in [4.78, 5) is 24.4. The van der Waals surface area contributed by atoms with Crippen molar-refractivity contribution in [3.05, 3.63) is 46.8 Å². The molecule has 1 fully saturated rings. The molecule has 0 radical (unpaired) electrons. The molecule has 0 spiro atoms. The minimum atomic E-state index is -0.354. The number of carbonyl (C=O) groups excluding carboxylic acids is 1. The van der Waals surface area contributed by atoms with Crippen molar-refractivity contribution >= 4 is 5.91 Å². The zero-order valence-electron chi connectivity index (χ0n) is 13.7. The van der Waals surface area contributed by atoms with Gasteiger partial charge in [-0.05, 0) is 12.8 Å². The molecular weight excluding hydrogens is 306 g/mol. The molecule has 1 heterocycles. The van der Waals surface area contributed by atoms with Crippen molar-refractivity contribution in [3.8, 4) is 17.0 Å². The lowest BCUT2D eigenvalue weighted by molar-refractivity contribution is -0.122. The van der Waals surface area contributed by atoms with Crippen LogP contribution < -0.4 is 15.6 Å². The van der Waals surface area contributed by atoms with Crippen LogP contribution >= 0.6 is 0 Å². The molecule has 1 aromatic heterocycles. The van der Waals surface area contributed by atoms with Crippen LogP contribution in [0.15, 0.2) is 41.2 Å². The average molecular weight is 327 g/mol. The molecule has 0 saturated heterocycles. The Hall–Kier alpha value is -2.63. The number of nitrogens with zero attached hydrogens (tertiary/aromatic N) is 2. The van der Waals surface area contributed by atoms with E-state index in [0.717, 1.165) is 31.2 Å². The van der Waals surface area contributed by atoms with Crippen LogP contribution in [0.5, 0.6) is 5.75 Å². The number of benzene rings is 1. The van der Waals surface area contributed by atoms with Crippen LogP contribution in [0.4, 0.5) is 0 Å². The van der Waals surface area contributed by atoms with Gasteiger partial charge >= 0.3 is 0 Å². The van der Waals surface area contributed by atoms with Gasteiger partial charge in [0.25, 0.3) is 5.56 Å². The number of methoxy groups -OCH3 is 1. The standard InChI is InChI=1S/C18H21N3O3/c1-24-15-11-17(23)21(12-16(22)19-14-9-5-6-10-14)20-18(15)13-7-3-2-4-8-13/h2-4,7-8,11,14H,5-6,9-10,12H2,1H3,(H,19,22). The van der Waals surface area contributed by atoms with Crippen molar-refractivity contribution in [2.24, 2.45) is 0 Å². The third-order valence-electron chi connectivity index (χ3n) is 4.24. The fraction of sp³-hybridized carbons (Fsp3) is 0.389. The van der Waals surface area contributed by atoms with Crippen LogP contribution in [0.2, 0.25) is 0 Å². The molecule has 2 aromatic rings. The minimum absolute atomic E-state index is 0.0842. The van der Waals surface area contributed by atoms with E-state index in [-0.39, 0.29) is 24.1 Å². The second-order valence-electron chi connectivity index (χ2n) is 5.97. The highest BCUT2D eigenvalue weighted by molar-refractivity contribution is 5.76. The number of rotatable bonds is 5. The lowest BCUT2D eigenvalue weighted by Gasteiger charge is -2.14. The van der Waals surface area contributed by atoms with Crippen LogP contribution in [0, 0.1) is 0 Å². The highest BCUT2D eigenvalue weighted by Crippen LogP contribution is 2.25. The molecule has 3 rings (SSSR count). The van der Waals surface area contributed by atoms with E-state index in [2.05, 4.69) is 10.4 Å². The molecule has 0 unspecified atom stereocenters. The molecular formula is C18H21N3O3. The third kappa shape index (κ3) is 3.64. The maximum atomic E-state index is 12.2. The van der Waals surface area contributed by atoms with E-state index in [1.165, 1.54) is 17.9 Å². The molecule has 1 N–H and O–H groups in total. The second-order valence-corrected chi connectivity index (χ2v) is 5.97. The molecule has 24 heavy (non-hydrogen) atoms. The smallest absolute Gasteiger partial charge is 0.270 e. The Morgan fingerprint density at radius 2 is 2.00 bits per heavy atom. The first-order chi connectivity index (χ1) is 11.7. The summed E-state index contributed by atoms with van der Waals surface area (Å²) < 4.78 is 6.46. The Morgan fingerprint density at radius 1 is 1.29 bits per heavy atom. The van der Waals surface area contributed by atoms with Crippen LogP contribution in [0.3, 0.4) is 0 Å². The van der Waals surface area contributed by atoms with Crippen molar-refractivity contribution in [1.29, 1.82) is 0 Å². The normalized spacial score (nSPS) is 14.5. The zero-order chi connectivity index (χ0) is 16.9. The summed E-state index contributed by atoms with van der Waals surface area (Å²) in [6.45, 7) is -0.0842. The molecule has 1 aromatic carbocycles. The Bertz CT molecular complexity index is 765. The quantitative estimate of drug-likeness (QED) is 0.911. The molecule has 0 aliphatic heterocycles. The molecule has 1 aliphatic carbocycles. The summed E-state index contributed by atoms with van der Waals surface area (Å²) in [6, 6.07) is 11.0. The van der Waals surface area contributed by atoms with E-state index in [1.807, 2.05) is 30.3 Å². The number of carbonyl (C=O) groups is 1. The highest BCUT2D eigenvalue weighted by Gasteiger charge is 2.18. The first-order valence-corrected chi connectivity index (χ1v) is 8.18. The fourth-order valence-electron chi connectivity index (χ4n) is 3.02. The molecule has 6 heteroatoms. The van der Waals surface area contributed by atoms with Crippen LogP contribution in [0.25, 0.3) is 11.3 Å². The maximum absolute atomic E-state index is 12.2. The van der Waals surface area contributed by atoms with Crippen molar-refractivity contribution < 1.29 is 9.53 Å². The van der Waals surface area contributed by atoms with Gasteiger partial charge in [-0.1, -0.05) is 43.2 Å². The van der Waals surface area contributed by atoms with E-state index >= 15 is 0 Å². The second kappa shape index (κ2) is 7.29. The number of amides is 1. The van der Waals surface area contributed by atoms with Gasteiger partial charge in [0.05, 0.1) is 7.11 Å². The highest BCUT2D eigenvalue weighted by atomic mass is 16.5. The Labute approximate surface area is 140 Å². The van der Waals surface area contributed by atoms with Crippen LogP contribution in [-0.4, -0.2) is 28.8 Å². The van der Waals surface area contributed by atoms with Crippen molar-refractivity contribution in [1.82, 2.24) is 15.1 Å². The maximum Gasteiger partial charge on any atom is 0.270 e. The van der Waals surface area contributed by atoms with Crippen molar-refractivity contribution in [2.75, 3.05) is 7.11 Å². The Morgan fingerprint density at radius 3 is 2.67 bits per heavy atom. The average Bonchev–Trinajstić information content (AvgIpc) is 3.10. The van der Waals surface area contributed by atoms with Gasteiger partial charge in [-0.2, -0.15) is 5.10 Å². The summed E-state index contributed by atoms with van der Waals surface area (Å²) in [7, 11) is 1.50. The van der Waals surface area contributed by atoms with Gasteiger partial charge in [0, 0.05) is 17.7 Å². The number of hydrogen-bond acceptors (Lipinski definition) is 4. The molecule has 0 atom stereocenters. The number of aromatic nitrogens is 2. The predicted molar refractivity (Wildman–Crippen MR) is 90.9 cm³/mol. The zero-order valence-corrected chi connectivity index (χ0v) is 13.7. The van der Waals surface area contributed by atoms with E-state index in [1.54, 1.807) is 0 Å². The minimum Gasteiger partial charge on any atom is -0.494 e. The predicted octanol–water partition coefficient (Wildman–Crippen LogP) is 1.98. The number of nitrogens with one attached hydrogen (secondary N) is 1. The Balaban J connectivity index is 1.85.